The first-order valence-electron chi connectivity index (χ1n) is 5.60. The Labute approximate surface area is 106 Å². The number of carbonyl (C=O) groups excluding carboxylic acids is 2. The molecule has 0 heterocycles. The summed E-state index contributed by atoms with van der Waals surface area (Å²) in [7, 11) is 1.52. The minimum absolute atomic E-state index is 0.181. The molecule has 1 aromatic carbocycles. The molecule has 0 aliphatic carbocycles. The Hall–Kier alpha value is -2.04. The highest BCUT2D eigenvalue weighted by atomic mass is 16.5. The molecule has 0 aliphatic rings. The van der Waals surface area contributed by atoms with E-state index in [1.807, 2.05) is 0 Å². The monoisotopic (exact) mass is 252 g/mol. The van der Waals surface area contributed by atoms with Crippen molar-refractivity contribution in [3.63, 3.8) is 0 Å². The highest BCUT2D eigenvalue weighted by molar-refractivity contribution is 5.96. The zero-order chi connectivity index (χ0) is 13.4. The van der Waals surface area contributed by atoms with Crippen LogP contribution in [0.3, 0.4) is 0 Å². The number of benzene rings is 1. The first-order valence-corrected chi connectivity index (χ1v) is 5.60. The summed E-state index contributed by atoms with van der Waals surface area (Å²) in [6.45, 7) is 1.77. The third kappa shape index (κ3) is 4.45. The molecule has 1 aromatic rings. The highest BCUT2D eigenvalue weighted by Crippen LogP contribution is 2.25. The van der Waals surface area contributed by atoms with Crippen molar-refractivity contribution >= 4 is 11.8 Å². The van der Waals surface area contributed by atoms with E-state index >= 15 is 0 Å². The maximum Gasteiger partial charge on any atom is 0.313 e. The van der Waals surface area contributed by atoms with Gasteiger partial charge in [-0.2, -0.15) is 0 Å². The third-order valence-electron chi connectivity index (χ3n) is 2.10. The van der Waals surface area contributed by atoms with Crippen LogP contribution < -0.4 is 9.47 Å². The Bertz CT molecular complexity index is 414. The Morgan fingerprint density at radius 3 is 2.44 bits per heavy atom. The Balaban J connectivity index is 2.45. The summed E-state index contributed by atoms with van der Waals surface area (Å²) in [5, 5.41) is 0. The second-order valence-corrected chi connectivity index (χ2v) is 3.46. The van der Waals surface area contributed by atoms with E-state index in [4.69, 9.17) is 9.47 Å². The van der Waals surface area contributed by atoms with Gasteiger partial charge in [-0.1, -0.05) is 12.1 Å². The number of ketones is 1. The van der Waals surface area contributed by atoms with Crippen molar-refractivity contribution in [2.75, 3.05) is 20.3 Å². The van der Waals surface area contributed by atoms with Crippen LogP contribution in [0.5, 0.6) is 11.5 Å². The van der Waals surface area contributed by atoms with Gasteiger partial charge in [0.1, 0.15) is 13.0 Å². The van der Waals surface area contributed by atoms with Crippen LogP contribution in [0.15, 0.2) is 24.3 Å². The van der Waals surface area contributed by atoms with E-state index in [2.05, 4.69) is 4.74 Å². The van der Waals surface area contributed by atoms with Gasteiger partial charge in [0, 0.05) is 0 Å². The summed E-state index contributed by atoms with van der Waals surface area (Å²) in [4.78, 5) is 22.5. The number of ether oxygens (including phenoxy) is 3. The molecule has 0 N–H and O–H groups in total. The first-order chi connectivity index (χ1) is 8.67. The van der Waals surface area contributed by atoms with Gasteiger partial charge in [0.05, 0.1) is 13.7 Å². The molecule has 18 heavy (non-hydrogen) atoms. The quantitative estimate of drug-likeness (QED) is 0.545. The van der Waals surface area contributed by atoms with Crippen LogP contribution in [0, 0.1) is 0 Å². The Kier molecular flexibility index (Phi) is 5.70. The topological polar surface area (TPSA) is 61.8 Å². The van der Waals surface area contributed by atoms with Crippen LogP contribution in [-0.2, 0) is 14.3 Å². The fraction of sp³-hybridized carbons (Fsp3) is 0.385. The average molecular weight is 252 g/mol. The molecule has 0 saturated carbocycles. The molecule has 0 saturated heterocycles. The SMILES string of the molecule is CCOC(=O)CC(=O)COc1ccccc1OC. The maximum atomic E-state index is 11.4. The van der Waals surface area contributed by atoms with E-state index in [9.17, 15) is 9.59 Å². The van der Waals surface area contributed by atoms with Gasteiger partial charge in [0.15, 0.2) is 17.3 Å². The van der Waals surface area contributed by atoms with Crippen molar-refractivity contribution in [2.45, 2.75) is 13.3 Å². The van der Waals surface area contributed by atoms with Crippen molar-refractivity contribution in [1.82, 2.24) is 0 Å². The summed E-state index contributed by atoms with van der Waals surface area (Å²) in [5.41, 5.74) is 0. The van der Waals surface area contributed by atoms with Gasteiger partial charge in [-0.05, 0) is 19.1 Å². The lowest BCUT2D eigenvalue weighted by atomic mass is 10.3. The minimum atomic E-state index is -0.536. The molecule has 0 atom stereocenters. The molecular weight excluding hydrogens is 236 g/mol. The molecule has 0 fully saturated rings. The smallest absolute Gasteiger partial charge is 0.313 e. The normalized spacial score (nSPS) is 9.67. The fourth-order valence-corrected chi connectivity index (χ4v) is 1.32. The largest absolute Gasteiger partial charge is 0.493 e. The lowest BCUT2D eigenvalue weighted by Crippen LogP contribution is -2.17. The molecule has 0 amide bonds. The summed E-state index contributed by atoms with van der Waals surface area (Å²) >= 11 is 0. The lowest BCUT2D eigenvalue weighted by Gasteiger charge is -2.09. The molecule has 0 aliphatic heterocycles. The summed E-state index contributed by atoms with van der Waals surface area (Å²) in [6.07, 6.45) is -0.275. The van der Waals surface area contributed by atoms with Crippen LogP contribution >= 0.6 is 0 Å². The van der Waals surface area contributed by atoms with Gasteiger partial charge < -0.3 is 14.2 Å². The first kappa shape index (κ1) is 14.0. The van der Waals surface area contributed by atoms with Crippen LogP contribution in [-0.4, -0.2) is 32.1 Å². The van der Waals surface area contributed by atoms with Crippen LogP contribution in [0.25, 0.3) is 0 Å². The zero-order valence-corrected chi connectivity index (χ0v) is 10.5. The van der Waals surface area contributed by atoms with Gasteiger partial charge in [0.2, 0.25) is 0 Å². The van der Waals surface area contributed by atoms with Crippen molar-refractivity contribution in [3.05, 3.63) is 24.3 Å². The van der Waals surface area contributed by atoms with E-state index in [1.54, 1.807) is 31.2 Å². The van der Waals surface area contributed by atoms with Crippen molar-refractivity contribution in [2.24, 2.45) is 0 Å². The van der Waals surface area contributed by atoms with Crippen molar-refractivity contribution in [1.29, 1.82) is 0 Å². The number of esters is 1. The third-order valence-corrected chi connectivity index (χ3v) is 2.10. The summed E-state index contributed by atoms with van der Waals surface area (Å²) in [5.74, 6) is 0.143. The predicted octanol–water partition coefficient (Wildman–Crippen LogP) is 1.60. The van der Waals surface area contributed by atoms with Crippen LogP contribution in [0.2, 0.25) is 0 Å². The number of hydrogen-bond acceptors (Lipinski definition) is 5. The maximum absolute atomic E-state index is 11.4. The minimum Gasteiger partial charge on any atom is -0.493 e. The molecule has 1 rings (SSSR count). The molecule has 5 heteroatoms. The van der Waals surface area contributed by atoms with Gasteiger partial charge in [-0.25, -0.2) is 0 Å². The second kappa shape index (κ2) is 7.32. The standard InChI is InChI=1S/C13H16O5/c1-3-17-13(15)8-10(14)9-18-12-7-5-4-6-11(12)16-2/h4-7H,3,8-9H2,1-2H3. The number of hydrogen-bond donors (Lipinski definition) is 0. The van der Waals surface area contributed by atoms with Crippen molar-refractivity contribution < 1.29 is 23.8 Å². The van der Waals surface area contributed by atoms with Crippen molar-refractivity contribution in [3.8, 4) is 11.5 Å². The van der Waals surface area contributed by atoms with E-state index in [-0.39, 0.29) is 25.4 Å². The molecule has 98 valence electrons. The van der Waals surface area contributed by atoms with Gasteiger partial charge in [-0.3, -0.25) is 9.59 Å². The number of para-hydroxylation sites is 2. The molecule has 0 bridgehead atoms. The fourth-order valence-electron chi connectivity index (χ4n) is 1.32. The highest BCUT2D eigenvalue weighted by Gasteiger charge is 2.12. The van der Waals surface area contributed by atoms with Gasteiger partial charge in [-0.15, -0.1) is 0 Å². The summed E-state index contributed by atoms with van der Waals surface area (Å²) in [6, 6.07) is 6.99. The van der Waals surface area contributed by atoms with Gasteiger partial charge >= 0.3 is 5.97 Å². The molecule has 0 unspecified atom stereocenters. The van der Waals surface area contributed by atoms with E-state index in [0.29, 0.717) is 11.5 Å². The van der Waals surface area contributed by atoms with E-state index < -0.39 is 5.97 Å². The molecule has 0 aromatic heterocycles. The summed E-state index contributed by atoms with van der Waals surface area (Å²) < 4.78 is 15.0. The van der Waals surface area contributed by atoms with Crippen LogP contribution in [0.4, 0.5) is 0 Å². The number of carbonyl (C=O) groups is 2. The zero-order valence-electron chi connectivity index (χ0n) is 10.5. The molecular formula is C13H16O5. The Morgan fingerprint density at radius 1 is 1.17 bits per heavy atom. The molecule has 5 nitrogen and oxygen atoms in total. The van der Waals surface area contributed by atoms with Crippen LogP contribution in [0.1, 0.15) is 13.3 Å². The van der Waals surface area contributed by atoms with E-state index in [1.165, 1.54) is 7.11 Å². The number of Topliss-reactive ketones (excluding diaryl/α,β-unsaturated/α-hetero) is 1. The van der Waals surface area contributed by atoms with Gasteiger partial charge in [0.25, 0.3) is 0 Å². The predicted molar refractivity (Wildman–Crippen MR) is 64.7 cm³/mol. The average Bonchev–Trinajstić information content (AvgIpc) is 2.37. The Morgan fingerprint density at radius 2 is 1.83 bits per heavy atom. The lowest BCUT2D eigenvalue weighted by molar-refractivity contribution is -0.145. The second-order valence-electron chi connectivity index (χ2n) is 3.46. The molecule has 0 spiro atoms. The number of rotatable bonds is 7. The molecule has 0 radical (unpaired) electrons. The van der Waals surface area contributed by atoms with E-state index in [0.717, 1.165) is 0 Å². The number of methoxy groups -OCH3 is 1.